The van der Waals surface area contributed by atoms with E-state index in [1.54, 1.807) is 0 Å². The fourth-order valence-electron chi connectivity index (χ4n) is 4.20. The second kappa shape index (κ2) is 9.28. The number of morpholine rings is 1. The van der Waals surface area contributed by atoms with Crippen molar-refractivity contribution >= 4 is 38.5 Å². The van der Waals surface area contributed by atoms with Crippen molar-refractivity contribution in [3.63, 3.8) is 0 Å². The average Bonchev–Trinajstić information content (AvgIpc) is 3.18. The molecule has 1 atom stereocenters. The van der Waals surface area contributed by atoms with Gasteiger partial charge in [-0.05, 0) is 42.0 Å². The number of fused-ring (bicyclic) bond motifs is 1. The molecule has 3 aromatic carbocycles. The molecule has 4 aromatic rings. The van der Waals surface area contributed by atoms with E-state index in [1.165, 1.54) is 0 Å². The molecule has 2 heterocycles. The summed E-state index contributed by atoms with van der Waals surface area (Å²) in [5.74, 6) is 0.573. The second-order valence-corrected chi connectivity index (χ2v) is 8.68. The molecule has 1 fully saturated rings. The molecular formula is C26H23BrN2O3. The van der Waals surface area contributed by atoms with Gasteiger partial charge >= 0.3 is 0 Å². The lowest BCUT2D eigenvalue weighted by Crippen LogP contribution is -2.39. The fraction of sp³-hybridized carbons (Fsp3) is 0.192. The highest BCUT2D eigenvalue weighted by molar-refractivity contribution is 9.10. The van der Waals surface area contributed by atoms with Gasteiger partial charge < -0.3 is 14.5 Å². The van der Waals surface area contributed by atoms with Crippen molar-refractivity contribution in [3.05, 3.63) is 100 Å². The monoisotopic (exact) mass is 490 g/mol. The van der Waals surface area contributed by atoms with Crippen LogP contribution in [0.15, 0.2) is 87.8 Å². The largest absolute Gasteiger partial charge is 0.457 e. The molecule has 0 saturated carbocycles. The van der Waals surface area contributed by atoms with Gasteiger partial charge in [-0.2, -0.15) is 0 Å². The van der Waals surface area contributed by atoms with Crippen LogP contribution in [0.25, 0.3) is 11.0 Å². The van der Waals surface area contributed by atoms with Gasteiger partial charge in [0.15, 0.2) is 0 Å². The normalized spacial score (nSPS) is 15.5. The number of hydrogen-bond acceptors (Lipinski definition) is 4. The molecule has 6 heteroatoms. The maximum Gasteiger partial charge on any atom is 0.255 e. The molecule has 1 amide bonds. The first-order valence-corrected chi connectivity index (χ1v) is 11.4. The number of para-hydroxylation sites is 1. The summed E-state index contributed by atoms with van der Waals surface area (Å²) in [6.07, 6.45) is 0. The standard InChI is InChI=1S/C26H23BrN2O3/c27-20-10-6-9-19(17-20)24(29-13-15-31-16-14-29)25-23(21-11-4-5-12-22(21)32-25)28-26(30)18-7-2-1-3-8-18/h1-12,17,24H,13-16H2,(H,28,30). The van der Waals surface area contributed by atoms with E-state index < -0.39 is 0 Å². The second-order valence-electron chi connectivity index (χ2n) is 7.76. The first-order valence-electron chi connectivity index (χ1n) is 10.7. The summed E-state index contributed by atoms with van der Waals surface area (Å²) in [5, 5.41) is 4.04. The Bertz CT molecular complexity index is 1230. The SMILES string of the molecule is O=C(Nc1c(C(c2cccc(Br)c2)N2CCOCC2)oc2ccccc12)c1ccccc1. The van der Waals surface area contributed by atoms with Gasteiger partial charge in [0, 0.05) is 28.5 Å². The summed E-state index contributed by atoms with van der Waals surface area (Å²) in [5.41, 5.74) is 3.16. The summed E-state index contributed by atoms with van der Waals surface area (Å²) in [6, 6.07) is 25.2. The Morgan fingerprint density at radius 2 is 1.69 bits per heavy atom. The van der Waals surface area contributed by atoms with E-state index in [2.05, 4.69) is 38.3 Å². The molecule has 0 radical (unpaired) electrons. The van der Waals surface area contributed by atoms with Crippen LogP contribution in [0.2, 0.25) is 0 Å². The van der Waals surface area contributed by atoms with Crippen LogP contribution in [-0.2, 0) is 4.74 Å². The van der Waals surface area contributed by atoms with E-state index in [9.17, 15) is 4.79 Å². The topological polar surface area (TPSA) is 54.7 Å². The van der Waals surface area contributed by atoms with Gasteiger partial charge in [0.1, 0.15) is 11.3 Å². The van der Waals surface area contributed by atoms with Crippen LogP contribution in [0, 0.1) is 0 Å². The van der Waals surface area contributed by atoms with Crippen LogP contribution in [-0.4, -0.2) is 37.1 Å². The first kappa shape index (κ1) is 20.9. The van der Waals surface area contributed by atoms with E-state index >= 15 is 0 Å². The predicted octanol–water partition coefficient (Wildman–Crippen LogP) is 5.87. The van der Waals surface area contributed by atoms with Crippen molar-refractivity contribution in [2.75, 3.05) is 31.6 Å². The van der Waals surface area contributed by atoms with E-state index in [-0.39, 0.29) is 11.9 Å². The molecule has 1 aliphatic rings. The predicted molar refractivity (Wildman–Crippen MR) is 129 cm³/mol. The van der Waals surface area contributed by atoms with Crippen molar-refractivity contribution in [2.24, 2.45) is 0 Å². The first-order chi connectivity index (χ1) is 15.7. The van der Waals surface area contributed by atoms with Gasteiger partial charge in [-0.1, -0.05) is 58.4 Å². The lowest BCUT2D eigenvalue weighted by Gasteiger charge is -2.34. The number of carbonyl (C=O) groups is 1. The van der Waals surface area contributed by atoms with Crippen molar-refractivity contribution in [3.8, 4) is 0 Å². The molecule has 32 heavy (non-hydrogen) atoms. The zero-order valence-corrected chi connectivity index (χ0v) is 19.0. The number of benzene rings is 3. The number of amides is 1. The Hall–Kier alpha value is -2.93. The van der Waals surface area contributed by atoms with E-state index in [1.807, 2.05) is 66.7 Å². The Labute approximate surface area is 195 Å². The van der Waals surface area contributed by atoms with Gasteiger partial charge in [0.25, 0.3) is 5.91 Å². The quantitative estimate of drug-likeness (QED) is 0.380. The third-order valence-corrected chi connectivity index (χ3v) is 6.21. The molecular weight excluding hydrogens is 468 g/mol. The zero-order valence-electron chi connectivity index (χ0n) is 17.5. The van der Waals surface area contributed by atoms with Crippen LogP contribution in [0.5, 0.6) is 0 Å². The van der Waals surface area contributed by atoms with Crippen molar-refractivity contribution in [1.82, 2.24) is 4.90 Å². The molecule has 0 bridgehead atoms. The number of nitrogens with zero attached hydrogens (tertiary/aromatic N) is 1. The lowest BCUT2D eigenvalue weighted by molar-refractivity contribution is 0.0206. The number of ether oxygens (including phenoxy) is 1. The van der Waals surface area contributed by atoms with E-state index in [4.69, 9.17) is 9.15 Å². The van der Waals surface area contributed by atoms with Gasteiger partial charge in [-0.25, -0.2) is 0 Å². The number of hydrogen-bond donors (Lipinski definition) is 1. The van der Waals surface area contributed by atoms with Gasteiger partial charge in [0.2, 0.25) is 0 Å². The number of furan rings is 1. The summed E-state index contributed by atoms with van der Waals surface area (Å²) < 4.78 is 13.0. The zero-order chi connectivity index (χ0) is 21.9. The van der Waals surface area contributed by atoms with E-state index in [0.717, 1.165) is 39.9 Å². The molecule has 5 nitrogen and oxygen atoms in total. The van der Waals surface area contributed by atoms with Crippen LogP contribution in [0.3, 0.4) is 0 Å². The summed E-state index contributed by atoms with van der Waals surface area (Å²) in [6.45, 7) is 2.88. The van der Waals surface area contributed by atoms with Crippen molar-refractivity contribution in [1.29, 1.82) is 0 Å². The third kappa shape index (κ3) is 4.21. The number of carbonyl (C=O) groups excluding carboxylic acids is 1. The number of anilines is 1. The average molecular weight is 491 g/mol. The highest BCUT2D eigenvalue weighted by Crippen LogP contribution is 2.41. The Morgan fingerprint density at radius 1 is 0.938 bits per heavy atom. The smallest absolute Gasteiger partial charge is 0.255 e. The fourth-order valence-corrected chi connectivity index (χ4v) is 4.62. The van der Waals surface area contributed by atoms with Crippen LogP contribution in [0.1, 0.15) is 27.7 Å². The minimum atomic E-state index is -0.159. The highest BCUT2D eigenvalue weighted by atomic mass is 79.9. The molecule has 0 spiro atoms. The molecule has 1 aliphatic heterocycles. The summed E-state index contributed by atoms with van der Waals surface area (Å²) in [7, 11) is 0. The minimum absolute atomic E-state index is 0.158. The van der Waals surface area contributed by atoms with Crippen LogP contribution in [0.4, 0.5) is 5.69 Å². The summed E-state index contributed by atoms with van der Waals surface area (Å²) in [4.78, 5) is 15.5. The third-order valence-electron chi connectivity index (χ3n) is 5.72. The number of halogens is 1. The maximum absolute atomic E-state index is 13.1. The van der Waals surface area contributed by atoms with Crippen LogP contribution < -0.4 is 5.32 Å². The molecule has 162 valence electrons. The molecule has 0 aliphatic carbocycles. The molecule has 5 rings (SSSR count). The van der Waals surface area contributed by atoms with Crippen molar-refractivity contribution < 1.29 is 13.9 Å². The van der Waals surface area contributed by atoms with Gasteiger partial charge in [-0.15, -0.1) is 0 Å². The molecule has 1 saturated heterocycles. The minimum Gasteiger partial charge on any atom is -0.457 e. The highest BCUT2D eigenvalue weighted by Gasteiger charge is 2.31. The lowest BCUT2D eigenvalue weighted by atomic mass is 10.00. The number of nitrogens with one attached hydrogen (secondary N) is 1. The molecule has 1 N–H and O–H groups in total. The Morgan fingerprint density at radius 3 is 2.47 bits per heavy atom. The maximum atomic E-state index is 13.1. The van der Waals surface area contributed by atoms with Gasteiger partial charge in [-0.3, -0.25) is 9.69 Å². The molecule has 1 unspecified atom stereocenters. The van der Waals surface area contributed by atoms with Crippen LogP contribution >= 0.6 is 15.9 Å². The molecule has 1 aromatic heterocycles. The number of rotatable bonds is 5. The van der Waals surface area contributed by atoms with Crippen molar-refractivity contribution in [2.45, 2.75) is 6.04 Å². The van der Waals surface area contributed by atoms with Gasteiger partial charge in [0.05, 0.1) is 24.9 Å². The van der Waals surface area contributed by atoms with E-state index in [0.29, 0.717) is 24.5 Å². The summed E-state index contributed by atoms with van der Waals surface area (Å²) >= 11 is 3.61. The Kier molecular flexibility index (Phi) is 6.08. The Balaban J connectivity index is 1.64.